The summed E-state index contributed by atoms with van der Waals surface area (Å²) in [6.07, 6.45) is 0. The number of amides is 2. The van der Waals surface area contributed by atoms with Gasteiger partial charge >= 0.3 is 6.03 Å². The molecule has 1 saturated heterocycles. The summed E-state index contributed by atoms with van der Waals surface area (Å²) in [6, 6.07) is 5.64. The zero-order valence-corrected chi connectivity index (χ0v) is 12.8. The van der Waals surface area contributed by atoms with Crippen LogP contribution in [-0.4, -0.2) is 44.0 Å². The highest BCUT2D eigenvalue weighted by atomic mass is 32.2. The fraction of sp³-hybridized carbons (Fsp3) is 0.500. The Morgan fingerprint density at radius 3 is 2.90 bits per heavy atom. The van der Waals surface area contributed by atoms with Crippen molar-refractivity contribution in [2.24, 2.45) is 0 Å². The quantitative estimate of drug-likeness (QED) is 0.927. The Bertz CT molecular complexity index is 481. The van der Waals surface area contributed by atoms with Gasteiger partial charge in [0.1, 0.15) is 16.9 Å². The smallest absolute Gasteiger partial charge is 0.318 e. The van der Waals surface area contributed by atoms with E-state index in [9.17, 15) is 4.79 Å². The van der Waals surface area contributed by atoms with E-state index in [0.29, 0.717) is 6.54 Å². The molecule has 2 rings (SSSR count). The Morgan fingerprint density at radius 1 is 1.45 bits per heavy atom. The van der Waals surface area contributed by atoms with Gasteiger partial charge < -0.3 is 19.7 Å². The highest BCUT2D eigenvalue weighted by Gasteiger charge is 2.32. The largest absolute Gasteiger partial charge is 0.497 e. The predicted molar refractivity (Wildman–Crippen MR) is 80.5 cm³/mol. The number of ether oxygens (including phenoxy) is 2. The molecule has 0 bridgehead atoms. The van der Waals surface area contributed by atoms with Crippen molar-refractivity contribution in [1.82, 2.24) is 10.2 Å². The second-order valence-corrected chi connectivity index (χ2v) is 5.55. The van der Waals surface area contributed by atoms with Crippen LogP contribution in [0.1, 0.15) is 17.9 Å². The molecule has 6 heteroatoms. The van der Waals surface area contributed by atoms with Crippen molar-refractivity contribution < 1.29 is 14.3 Å². The van der Waals surface area contributed by atoms with Crippen molar-refractivity contribution in [3.05, 3.63) is 23.8 Å². The van der Waals surface area contributed by atoms with Crippen LogP contribution in [0.15, 0.2) is 18.2 Å². The zero-order valence-electron chi connectivity index (χ0n) is 12.0. The molecule has 1 N–H and O–H groups in total. The normalized spacial score (nSPS) is 17.9. The minimum Gasteiger partial charge on any atom is -0.497 e. The molecule has 0 aromatic heterocycles. The Labute approximate surface area is 123 Å². The SMILES string of the molecule is CCNC(=O)N1CCS[C@@H]1c1cc(OC)ccc1OC. The lowest BCUT2D eigenvalue weighted by Gasteiger charge is -2.25. The highest BCUT2D eigenvalue weighted by molar-refractivity contribution is 7.99. The molecule has 2 amide bonds. The molecule has 1 atom stereocenters. The second kappa shape index (κ2) is 6.74. The molecule has 1 aromatic rings. The van der Waals surface area contributed by atoms with Gasteiger partial charge in [0.2, 0.25) is 0 Å². The highest BCUT2D eigenvalue weighted by Crippen LogP contribution is 2.43. The second-order valence-electron chi connectivity index (χ2n) is 4.36. The average Bonchev–Trinajstić information content (AvgIpc) is 2.96. The molecule has 0 saturated carbocycles. The van der Waals surface area contributed by atoms with Crippen LogP contribution in [0.2, 0.25) is 0 Å². The van der Waals surface area contributed by atoms with E-state index in [1.54, 1.807) is 26.0 Å². The predicted octanol–water partition coefficient (Wildman–Crippen LogP) is 2.48. The summed E-state index contributed by atoms with van der Waals surface area (Å²) in [5, 5.41) is 2.82. The number of carbonyl (C=O) groups excluding carboxylic acids is 1. The van der Waals surface area contributed by atoms with Crippen molar-refractivity contribution in [2.75, 3.05) is 33.1 Å². The number of carbonyl (C=O) groups is 1. The Balaban J connectivity index is 2.31. The van der Waals surface area contributed by atoms with E-state index in [1.807, 2.05) is 30.0 Å². The number of urea groups is 1. The molecule has 0 unspecified atom stereocenters. The third kappa shape index (κ3) is 2.95. The number of hydrogen-bond acceptors (Lipinski definition) is 4. The number of rotatable bonds is 4. The van der Waals surface area contributed by atoms with Crippen molar-refractivity contribution >= 4 is 17.8 Å². The van der Waals surface area contributed by atoms with Crippen molar-refractivity contribution in [1.29, 1.82) is 0 Å². The molecule has 1 heterocycles. The van der Waals surface area contributed by atoms with Gasteiger partial charge in [0.25, 0.3) is 0 Å². The molecule has 0 spiro atoms. The van der Waals surface area contributed by atoms with Gasteiger partial charge in [-0.1, -0.05) is 0 Å². The van der Waals surface area contributed by atoms with Gasteiger partial charge in [-0.15, -0.1) is 11.8 Å². The van der Waals surface area contributed by atoms with E-state index >= 15 is 0 Å². The van der Waals surface area contributed by atoms with Crippen LogP contribution in [0.4, 0.5) is 4.79 Å². The van der Waals surface area contributed by atoms with Crippen LogP contribution in [0.3, 0.4) is 0 Å². The third-order valence-corrected chi connectivity index (χ3v) is 4.43. The van der Waals surface area contributed by atoms with E-state index < -0.39 is 0 Å². The zero-order chi connectivity index (χ0) is 14.5. The molecule has 1 aliphatic rings. The molecule has 0 radical (unpaired) electrons. The Kier molecular flexibility index (Phi) is 5.00. The van der Waals surface area contributed by atoms with Crippen LogP contribution in [0, 0.1) is 0 Å². The fourth-order valence-corrected chi connectivity index (χ4v) is 3.49. The maximum atomic E-state index is 12.1. The maximum absolute atomic E-state index is 12.1. The number of thioether (sulfide) groups is 1. The monoisotopic (exact) mass is 296 g/mol. The van der Waals surface area contributed by atoms with Gasteiger partial charge in [-0.05, 0) is 25.1 Å². The third-order valence-electron chi connectivity index (χ3n) is 3.18. The molecule has 20 heavy (non-hydrogen) atoms. The number of methoxy groups -OCH3 is 2. The van der Waals surface area contributed by atoms with Crippen LogP contribution < -0.4 is 14.8 Å². The molecular weight excluding hydrogens is 276 g/mol. The van der Waals surface area contributed by atoms with Gasteiger partial charge in [-0.2, -0.15) is 0 Å². The first-order chi connectivity index (χ1) is 9.71. The average molecular weight is 296 g/mol. The van der Waals surface area contributed by atoms with Crippen molar-refractivity contribution in [3.8, 4) is 11.5 Å². The van der Waals surface area contributed by atoms with E-state index in [-0.39, 0.29) is 11.4 Å². The summed E-state index contributed by atoms with van der Waals surface area (Å²) in [4.78, 5) is 14.0. The van der Waals surface area contributed by atoms with Gasteiger partial charge in [0.15, 0.2) is 0 Å². The summed E-state index contributed by atoms with van der Waals surface area (Å²) in [7, 11) is 3.27. The first-order valence-corrected chi connectivity index (χ1v) is 7.64. The summed E-state index contributed by atoms with van der Waals surface area (Å²) in [6.45, 7) is 3.28. The maximum Gasteiger partial charge on any atom is 0.318 e. The van der Waals surface area contributed by atoms with Crippen LogP contribution in [-0.2, 0) is 0 Å². The number of nitrogens with one attached hydrogen (secondary N) is 1. The van der Waals surface area contributed by atoms with Gasteiger partial charge in [0.05, 0.1) is 14.2 Å². The standard InChI is InChI=1S/C14H20N2O3S/c1-4-15-14(17)16-7-8-20-13(16)11-9-10(18-2)5-6-12(11)19-3/h5-6,9,13H,4,7-8H2,1-3H3,(H,15,17)/t13-/m1/s1. The van der Waals surface area contributed by atoms with Crippen molar-refractivity contribution in [3.63, 3.8) is 0 Å². The summed E-state index contributed by atoms with van der Waals surface area (Å²) >= 11 is 1.74. The number of hydrogen-bond donors (Lipinski definition) is 1. The van der Waals surface area contributed by atoms with Gasteiger partial charge in [-0.25, -0.2) is 4.79 Å². The molecule has 1 aromatic carbocycles. The molecule has 1 fully saturated rings. The molecule has 5 nitrogen and oxygen atoms in total. The lowest BCUT2D eigenvalue weighted by molar-refractivity contribution is 0.200. The topological polar surface area (TPSA) is 50.8 Å². The van der Waals surface area contributed by atoms with Gasteiger partial charge in [0, 0.05) is 24.4 Å². The van der Waals surface area contributed by atoms with E-state index in [1.165, 1.54) is 0 Å². The number of benzene rings is 1. The van der Waals surface area contributed by atoms with Crippen LogP contribution in [0.25, 0.3) is 0 Å². The summed E-state index contributed by atoms with van der Waals surface area (Å²) < 4.78 is 10.7. The lowest BCUT2D eigenvalue weighted by atomic mass is 10.1. The molecule has 0 aliphatic carbocycles. The molecule has 1 aliphatic heterocycles. The first-order valence-electron chi connectivity index (χ1n) is 6.59. The first kappa shape index (κ1) is 14.8. The van der Waals surface area contributed by atoms with E-state index in [2.05, 4.69) is 5.32 Å². The summed E-state index contributed by atoms with van der Waals surface area (Å²) in [5.74, 6) is 2.46. The van der Waals surface area contributed by atoms with Crippen molar-refractivity contribution in [2.45, 2.75) is 12.3 Å². The minimum atomic E-state index is -0.0356. The minimum absolute atomic E-state index is 0.0348. The Morgan fingerprint density at radius 2 is 2.25 bits per heavy atom. The lowest BCUT2D eigenvalue weighted by Crippen LogP contribution is -2.39. The fourth-order valence-electron chi connectivity index (χ4n) is 2.22. The van der Waals surface area contributed by atoms with Crippen LogP contribution in [0.5, 0.6) is 11.5 Å². The van der Waals surface area contributed by atoms with E-state index in [0.717, 1.165) is 29.4 Å². The Hall–Kier alpha value is -1.56. The summed E-state index contributed by atoms with van der Waals surface area (Å²) in [5.41, 5.74) is 0.973. The molecule has 110 valence electrons. The van der Waals surface area contributed by atoms with Gasteiger partial charge in [-0.3, -0.25) is 0 Å². The molecular formula is C14H20N2O3S. The van der Waals surface area contributed by atoms with E-state index in [4.69, 9.17) is 9.47 Å². The number of nitrogens with zero attached hydrogens (tertiary/aromatic N) is 1. The van der Waals surface area contributed by atoms with Crippen LogP contribution >= 0.6 is 11.8 Å².